The first-order valence-corrected chi connectivity index (χ1v) is 7.49. The maximum atomic E-state index is 12.4. The standard InChI is InChI=1S/C17H21NO3/c1-10-5-7-17(8-6-10)15(20)14(16(21)18-17)12-9-11(2)3-4-13(12)19/h3-4,9-10,19-20H,5-8H2,1-2H3,(H,18,21). The van der Waals surface area contributed by atoms with E-state index in [1.807, 2.05) is 6.92 Å². The Kier molecular flexibility index (Phi) is 3.19. The van der Waals surface area contributed by atoms with Crippen molar-refractivity contribution >= 4 is 11.5 Å². The highest BCUT2D eigenvalue weighted by Gasteiger charge is 2.47. The van der Waals surface area contributed by atoms with Crippen LogP contribution in [0.1, 0.15) is 43.7 Å². The molecule has 1 aromatic rings. The van der Waals surface area contributed by atoms with Crippen molar-refractivity contribution in [3.05, 3.63) is 35.1 Å². The van der Waals surface area contributed by atoms with E-state index in [-0.39, 0.29) is 23.0 Å². The third-order valence-electron chi connectivity index (χ3n) is 4.82. The Bertz CT molecular complexity index is 625. The van der Waals surface area contributed by atoms with E-state index in [4.69, 9.17) is 0 Å². The van der Waals surface area contributed by atoms with Gasteiger partial charge in [0.1, 0.15) is 11.5 Å². The van der Waals surface area contributed by atoms with Crippen LogP contribution in [0.5, 0.6) is 5.75 Å². The predicted molar refractivity (Wildman–Crippen MR) is 80.9 cm³/mol. The van der Waals surface area contributed by atoms with Crippen LogP contribution in [-0.4, -0.2) is 21.7 Å². The summed E-state index contributed by atoms with van der Waals surface area (Å²) in [6.45, 7) is 4.09. The Balaban J connectivity index is 2.06. The summed E-state index contributed by atoms with van der Waals surface area (Å²) in [4.78, 5) is 12.4. The second-order valence-corrected chi connectivity index (χ2v) is 6.46. The van der Waals surface area contributed by atoms with Crippen LogP contribution in [0.4, 0.5) is 0 Å². The second-order valence-electron chi connectivity index (χ2n) is 6.46. The van der Waals surface area contributed by atoms with Gasteiger partial charge in [-0.2, -0.15) is 0 Å². The molecule has 2 aliphatic rings. The first kappa shape index (κ1) is 14.0. The molecule has 1 saturated carbocycles. The predicted octanol–water partition coefficient (Wildman–Crippen LogP) is 3.05. The number of phenolic OH excluding ortho intramolecular Hbond substituents is 1. The minimum absolute atomic E-state index is 0.0264. The summed E-state index contributed by atoms with van der Waals surface area (Å²) in [5.41, 5.74) is 0.954. The highest BCUT2D eigenvalue weighted by Crippen LogP contribution is 2.44. The third-order valence-corrected chi connectivity index (χ3v) is 4.82. The summed E-state index contributed by atoms with van der Waals surface area (Å²) in [7, 11) is 0. The van der Waals surface area contributed by atoms with E-state index in [0.717, 1.165) is 31.2 Å². The molecular formula is C17H21NO3. The van der Waals surface area contributed by atoms with Gasteiger partial charge in [0.05, 0.1) is 11.1 Å². The van der Waals surface area contributed by atoms with Crippen molar-refractivity contribution in [2.24, 2.45) is 5.92 Å². The van der Waals surface area contributed by atoms with Gasteiger partial charge in [-0.1, -0.05) is 18.6 Å². The van der Waals surface area contributed by atoms with E-state index >= 15 is 0 Å². The number of benzene rings is 1. The molecule has 0 bridgehead atoms. The lowest BCUT2D eigenvalue weighted by molar-refractivity contribution is -0.116. The maximum absolute atomic E-state index is 12.4. The number of aliphatic hydroxyl groups excluding tert-OH is 1. The molecule has 4 heteroatoms. The smallest absolute Gasteiger partial charge is 0.256 e. The van der Waals surface area contributed by atoms with Gasteiger partial charge in [-0.05, 0) is 50.7 Å². The van der Waals surface area contributed by atoms with Gasteiger partial charge in [0.25, 0.3) is 5.91 Å². The fraction of sp³-hybridized carbons (Fsp3) is 0.471. The van der Waals surface area contributed by atoms with Gasteiger partial charge in [0, 0.05) is 5.56 Å². The van der Waals surface area contributed by atoms with Gasteiger partial charge in [-0.15, -0.1) is 0 Å². The molecule has 1 spiro atoms. The average molecular weight is 287 g/mol. The van der Waals surface area contributed by atoms with E-state index in [1.54, 1.807) is 18.2 Å². The monoisotopic (exact) mass is 287 g/mol. The van der Waals surface area contributed by atoms with Gasteiger partial charge in [0.2, 0.25) is 0 Å². The number of carbonyl (C=O) groups excluding carboxylic acids is 1. The summed E-state index contributed by atoms with van der Waals surface area (Å²) in [6, 6.07) is 5.08. The number of aryl methyl sites for hydroxylation is 1. The minimum Gasteiger partial charge on any atom is -0.509 e. The number of phenols is 1. The van der Waals surface area contributed by atoms with E-state index in [1.165, 1.54) is 0 Å². The number of rotatable bonds is 1. The summed E-state index contributed by atoms with van der Waals surface area (Å²) in [6.07, 6.45) is 3.47. The SMILES string of the molecule is Cc1ccc(O)c(C2=C(O)C3(CCC(C)CC3)NC2=O)c1. The number of carbonyl (C=O) groups is 1. The summed E-state index contributed by atoms with van der Waals surface area (Å²) >= 11 is 0. The van der Waals surface area contributed by atoms with E-state index in [2.05, 4.69) is 12.2 Å². The molecule has 1 aromatic carbocycles. The van der Waals surface area contributed by atoms with Crippen molar-refractivity contribution in [2.45, 2.75) is 45.1 Å². The molecular weight excluding hydrogens is 266 g/mol. The molecule has 3 N–H and O–H groups in total. The molecule has 0 radical (unpaired) electrons. The van der Waals surface area contributed by atoms with Gasteiger partial charge in [-0.25, -0.2) is 0 Å². The van der Waals surface area contributed by atoms with Crippen molar-refractivity contribution < 1.29 is 15.0 Å². The zero-order valence-electron chi connectivity index (χ0n) is 12.4. The molecule has 1 aliphatic carbocycles. The lowest BCUT2D eigenvalue weighted by Gasteiger charge is -2.36. The average Bonchev–Trinajstić information content (AvgIpc) is 2.68. The van der Waals surface area contributed by atoms with Gasteiger partial charge >= 0.3 is 0 Å². The van der Waals surface area contributed by atoms with E-state index in [0.29, 0.717) is 11.5 Å². The Morgan fingerprint density at radius 3 is 2.57 bits per heavy atom. The zero-order chi connectivity index (χ0) is 15.2. The molecule has 0 saturated heterocycles. The van der Waals surface area contributed by atoms with Crippen molar-refractivity contribution in [1.82, 2.24) is 5.32 Å². The Morgan fingerprint density at radius 2 is 1.90 bits per heavy atom. The topological polar surface area (TPSA) is 69.6 Å². The summed E-state index contributed by atoms with van der Waals surface area (Å²) < 4.78 is 0. The number of aromatic hydroxyl groups is 1. The number of hydrogen-bond acceptors (Lipinski definition) is 3. The van der Waals surface area contributed by atoms with Gasteiger partial charge < -0.3 is 15.5 Å². The van der Waals surface area contributed by atoms with Gasteiger partial charge in [0.15, 0.2) is 0 Å². The van der Waals surface area contributed by atoms with Crippen LogP contribution in [0.25, 0.3) is 5.57 Å². The molecule has 1 fully saturated rings. The quantitative estimate of drug-likeness (QED) is 0.743. The molecule has 4 nitrogen and oxygen atoms in total. The van der Waals surface area contributed by atoms with Crippen LogP contribution in [-0.2, 0) is 4.79 Å². The Hall–Kier alpha value is -1.97. The highest BCUT2D eigenvalue weighted by molar-refractivity contribution is 6.23. The molecule has 0 aromatic heterocycles. The first-order chi connectivity index (χ1) is 9.93. The van der Waals surface area contributed by atoms with Crippen LogP contribution < -0.4 is 5.32 Å². The van der Waals surface area contributed by atoms with E-state index in [9.17, 15) is 15.0 Å². The molecule has 1 aliphatic heterocycles. The third kappa shape index (κ3) is 2.19. The molecule has 21 heavy (non-hydrogen) atoms. The molecule has 3 rings (SSSR count). The van der Waals surface area contributed by atoms with Crippen LogP contribution >= 0.6 is 0 Å². The van der Waals surface area contributed by atoms with Crippen molar-refractivity contribution in [3.8, 4) is 5.75 Å². The van der Waals surface area contributed by atoms with Crippen LogP contribution in [0, 0.1) is 12.8 Å². The second kappa shape index (κ2) is 4.79. The zero-order valence-corrected chi connectivity index (χ0v) is 12.4. The largest absolute Gasteiger partial charge is 0.509 e. The maximum Gasteiger partial charge on any atom is 0.256 e. The van der Waals surface area contributed by atoms with Crippen LogP contribution in [0.3, 0.4) is 0 Å². The number of amides is 1. The summed E-state index contributed by atoms with van der Waals surface area (Å²) in [5, 5.41) is 23.7. The first-order valence-electron chi connectivity index (χ1n) is 7.49. The molecule has 0 atom stereocenters. The van der Waals surface area contributed by atoms with Crippen molar-refractivity contribution in [1.29, 1.82) is 0 Å². The molecule has 1 heterocycles. The van der Waals surface area contributed by atoms with Crippen LogP contribution in [0.2, 0.25) is 0 Å². The number of hydrogen-bond donors (Lipinski definition) is 3. The van der Waals surface area contributed by atoms with Crippen molar-refractivity contribution in [3.63, 3.8) is 0 Å². The molecule has 1 amide bonds. The van der Waals surface area contributed by atoms with E-state index < -0.39 is 5.54 Å². The minimum atomic E-state index is -0.630. The fourth-order valence-electron chi connectivity index (χ4n) is 3.40. The Morgan fingerprint density at radius 1 is 1.24 bits per heavy atom. The molecule has 0 unspecified atom stereocenters. The van der Waals surface area contributed by atoms with Gasteiger partial charge in [-0.3, -0.25) is 4.79 Å². The normalized spacial score (nSPS) is 29.0. The molecule has 112 valence electrons. The van der Waals surface area contributed by atoms with Crippen molar-refractivity contribution in [2.75, 3.05) is 0 Å². The lowest BCUT2D eigenvalue weighted by atomic mass is 9.76. The lowest BCUT2D eigenvalue weighted by Crippen LogP contribution is -2.47. The number of aliphatic hydroxyl groups is 1. The summed E-state index contributed by atoms with van der Waals surface area (Å²) in [5.74, 6) is 0.457. The Labute approximate surface area is 124 Å². The highest BCUT2D eigenvalue weighted by atomic mass is 16.3. The number of nitrogens with one attached hydrogen (secondary N) is 1. The fourth-order valence-corrected chi connectivity index (χ4v) is 3.40. The van der Waals surface area contributed by atoms with Crippen LogP contribution in [0.15, 0.2) is 24.0 Å².